The summed E-state index contributed by atoms with van der Waals surface area (Å²) in [5.74, 6) is -0.878. The Morgan fingerprint density at radius 2 is 1.47 bits per heavy atom. The van der Waals surface area contributed by atoms with Crippen molar-refractivity contribution in [2.24, 2.45) is 0 Å². The molecular weight excluding hydrogens is 240 g/mol. The molecule has 0 unspecified atom stereocenters. The first-order valence-corrected chi connectivity index (χ1v) is 6.41. The normalized spacial score (nSPS) is 14.5. The van der Waals surface area contributed by atoms with E-state index < -0.39 is 5.97 Å². The zero-order chi connectivity index (χ0) is 13.5. The lowest BCUT2D eigenvalue weighted by molar-refractivity contribution is 0.0699. The summed E-state index contributed by atoms with van der Waals surface area (Å²) in [6.07, 6.45) is 0. The van der Waals surface area contributed by atoms with E-state index in [1.165, 1.54) is 0 Å². The van der Waals surface area contributed by atoms with E-state index in [2.05, 4.69) is 10.6 Å². The van der Waals surface area contributed by atoms with Crippen LogP contribution in [0.4, 0.5) is 0 Å². The van der Waals surface area contributed by atoms with Crippen LogP contribution < -0.4 is 10.6 Å². The van der Waals surface area contributed by atoms with Gasteiger partial charge < -0.3 is 15.7 Å². The molecule has 1 aliphatic heterocycles. The van der Waals surface area contributed by atoms with Crippen molar-refractivity contribution in [3.8, 4) is 0 Å². The van der Waals surface area contributed by atoms with Crippen LogP contribution in [0.25, 0.3) is 10.8 Å². The van der Waals surface area contributed by atoms with Gasteiger partial charge in [-0.3, -0.25) is 0 Å². The maximum absolute atomic E-state index is 10.8. The predicted molar refractivity (Wildman–Crippen MR) is 76.6 cm³/mol. The van der Waals surface area contributed by atoms with Crippen molar-refractivity contribution in [3.05, 3.63) is 48.0 Å². The van der Waals surface area contributed by atoms with Crippen LogP contribution in [0, 0.1) is 0 Å². The van der Waals surface area contributed by atoms with Crippen LogP contribution in [-0.4, -0.2) is 37.3 Å². The number of carboxylic acids is 1. The zero-order valence-electron chi connectivity index (χ0n) is 10.7. The van der Waals surface area contributed by atoms with Gasteiger partial charge in [-0.15, -0.1) is 0 Å². The highest BCUT2D eigenvalue weighted by Gasteiger charge is 2.05. The number of hydrogen-bond acceptors (Lipinski definition) is 3. The third kappa shape index (κ3) is 3.77. The van der Waals surface area contributed by atoms with Crippen LogP contribution in [0.15, 0.2) is 42.5 Å². The number of fused-ring (bicyclic) bond motifs is 1. The smallest absolute Gasteiger partial charge is 0.336 e. The van der Waals surface area contributed by atoms with Crippen LogP contribution in [0.5, 0.6) is 0 Å². The second-order valence-electron chi connectivity index (χ2n) is 4.33. The Kier molecular flexibility index (Phi) is 4.89. The number of nitrogens with one attached hydrogen (secondary N) is 2. The van der Waals surface area contributed by atoms with Gasteiger partial charge >= 0.3 is 5.97 Å². The molecule has 4 heteroatoms. The third-order valence-electron chi connectivity index (χ3n) is 2.98. The number of rotatable bonds is 1. The second kappa shape index (κ2) is 6.87. The molecule has 0 radical (unpaired) electrons. The molecule has 0 aromatic heterocycles. The summed E-state index contributed by atoms with van der Waals surface area (Å²) in [6.45, 7) is 4.56. The molecule has 3 rings (SSSR count). The highest BCUT2D eigenvalue weighted by atomic mass is 16.4. The van der Waals surface area contributed by atoms with Crippen molar-refractivity contribution in [3.63, 3.8) is 0 Å². The molecule has 0 bridgehead atoms. The second-order valence-corrected chi connectivity index (χ2v) is 4.33. The average molecular weight is 258 g/mol. The highest BCUT2D eigenvalue weighted by molar-refractivity contribution is 6.03. The quantitative estimate of drug-likeness (QED) is 0.729. The first-order valence-electron chi connectivity index (χ1n) is 6.41. The number of hydrogen-bond donors (Lipinski definition) is 3. The fourth-order valence-corrected chi connectivity index (χ4v) is 2.02. The van der Waals surface area contributed by atoms with Crippen LogP contribution in [-0.2, 0) is 0 Å². The molecule has 0 amide bonds. The molecule has 19 heavy (non-hydrogen) atoms. The van der Waals surface area contributed by atoms with E-state index in [0.717, 1.165) is 37.0 Å². The summed E-state index contributed by atoms with van der Waals surface area (Å²) in [5, 5.41) is 17.1. The number of aromatic carboxylic acids is 1. The number of carbonyl (C=O) groups is 1. The van der Waals surface area contributed by atoms with Crippen LogP contribution in [0.2, 0.25) is 0 Å². The van der Waals surface area contributed by atoms with Crippen molar-refractivity contribution in [2.75, 3.05) is 26.2 Å². The lowest BCUT2D eigenvalue weighted by atomic mass is 10.1. The van der Waals surface area contributed by atoms with Gasteiger partial charge in [0.15, 0.2) is 0 Å². The largest absolute Gasteiger partial charge is 0.478 e. The molecule has 0 aliphatic carbocycles. The van der Waals surface area contributed by atoms with Gasteiger partial charge in [-0.25, -0.2) is 4.79 Å². The first-order chi connectivity index (χ1) is 9.29. The van der Waals surface area contributed by atoms with Gasteiger partial charge in [0.2, 0.25) is 0 Å². The summed E-state index contributed by atoms with van der Waals surface area (Å²) in [5.41, 5.74) is 0.359. The third-order valence-corrected chi connectivity index (χ3v) is 2.98. The number of carboxylic acid groups (broad SMARTS) is 1. The fourth-order valence-electron chi connectivity index (χ4n) is 2.02. The van der Waals surface area contributed by atoms with Gasteiger partial charge in [-0.1, -0.05) is 36.4 Å². The van der Waals surface area contributed by atoms with E-state index in [0.29, 0.717) is 5.56 Å². The molecule has 2 aromatic rings. The van der Waals surface area contributed by atoms with Gasteiger partial charge in [0, 0.05) is 26.2 Å². The Hall–Kier alpha value is -1.91. The van der Waals surface area contributed by atoms with E-state index >= 15 is 0 Å². The molecule has 1 heterocycles. The summed E-state index contributed by atoms with van der Waals surface area (Å²) < 4.78 is 0. The number of benzene rings is 2. The fraction of sp³-hybridized carbons (Fsp3) is 0.267. The van der Waals surface area contributed by atoms with Gasteiger partial charge in [-0.05, 0) is 16.8 Å². The SMILES string of the molecule is C1CNCCN1.O=C(O)c1cccc2ccccc12. The van der Waals surface area contributed by atoms with Crippen molar-refractivity contribution in [1.29, 1.82) is 0 Å². The van der Waals surface area contributed by atoms with Crippen molar-refractivity contribution in [2.45, 2.75) is 0 Å². The van der Waals surface area contributed by atoms with E-state index in [1.54, 1.807) is 12.1 Å². The number of piperazine rings is 1. The molecule has 0 saturated carbocycles. The zero-order valence-corrected chi connectivity index (χ0v) is 10.7. The topological polar surface area (TPSA) is 61.4 Å². The molecule has 1 aliphatic rings. The molecular formula is C15H18N2O2. The minimum absolute atomic E-state index is 0.359. The van der Waals surface area contributed by atoms with Crippen molar-refractivity contribution in [1.82, 2.24) is 10.6 Å². The molecule has 3 N–H and O–H groups in total. The maximum atomic E-state index is 10.8. The average Bonchev–Trinajstić information content (AvgIpc) is 2.49. The molecule has 1 saturated heterocycles. The monoisotopic (exact) mass is 258 g/mol. The molecule has 0 spiro atoms. The minimum atomic E-state index is -0.878. The predicted octanol–water partition coefficient (Wildman–Crippen LogP) is 1.72. The molecule has 2 aromatic carbocycles. The van der Waals surface area contributed by atoms with E-state index in [9.17, 15) is 4.79 Å². The summed E-state index contributed by atoms with van der Waals surface area (Å²) in [4.78, 5) is 10.8. The van der Waals surface area contributed by atoms with E-state index in [4.69, 9.17) is 5.11 Å². The summed E-state index contributed by atoms with van der Waals surface area (Å²) >= 11 is 0. The summed E-state index contributed by atoms with van der Waals surface area (Å²) in [6, 6.07) is 12.7. The molecule has 100 valence electrons. The first kappa shape index (κ1) is 13.5. The molecule has 0 atom stereocenters. The Bertz CT molecular complexity index is 534. The van der Waals surface area contributed by atoms with Crippen molar-refractivity contribution >= 4 is 16.7 Å². The summed E-state index contributed by atoms with van der Waals surface area (Å²) in [7, 11) is 0. The van der Waals surface area contributed by atoms with Gasteiger partial charge in [-0.2, -0.15) is 0 Å². The van der Waals surface area contributed by atoms with Crippen molar-refractivity contribution < 1.29 is 9.90 Å². The lowest BCUT2D eigenvalue weighted by Crippen LogP contribution is -2.39. The van der Waals surface area contributed by atoms with Gasteiger partial charge in [0.25, 0.3) is 0 Å². The van der Waals surface area contributed by atoms with Crippen LogP contribution in [0.3, 0.4) is 0 Å². The van der Waals surface area contributed by atoms with Gasteiger partial charge in [0.05, 0.1) is 5.56 Å². The Morgan fingerprint density at radius 3 is 2.05 bits per heavy atom. The maximum Gasteiger partial charge on any atom is 0.336 e. The Morgan fingerprint density at radius 1 is 0.895 bits per heavy atom. The van der Waals surface area contributed by atoms with E-state index in [-0.39, 0.29) is 0 Å². The van der Waals surface area contributed by atoms with E-state index in [1.807, 2.05) is 30.3 Å². The Balaban J connectivity index is 0.000000186. The standard InChI is InChI=1S/C11H8O2.C4H10N2/c12-11(13)10-7-3-5-8-4-1-2-6-9(8)10;1-2-6-4-3-5-1/h1-7H,(H,12,13);5-6H,1-4H2. The van der Waals surface area contributed by atoms with Crippen LogP contribution >= 0.6 is 0 Å². The van der Waals surface area contributed by atoms with Gasteiger partial charge in [0.1, 0.15) is 0 Å². The molecule has 1 fully saturated rings. The highest BCUT2D eigenvalue weighted by Crippen LogP contribution is 2.17. The van der Waals surface area contributed by atoms with Crippen LogP contribution in [0.1, 0.15) is 10.4 Å². The molecule has 4 nitrogen and oxygen atoms in total. The lowest BCUT2D eigenvalue weighted by Gasteiger charge is -2.11. The Labute approximate surface area is 112 Å². The minimum Gasteiger partial charge on any atom is -0.478 e.